The molecule has 0 saturated heterocycles. The number of anilines is 1. The van der Waals surface area contributed by atoms with Crippen LogP contribution in [0.3, 0.4) is 0 Å². The molecule has 1 atom stereocenters. The Balaban J connectivity index is 1.70. The summed E-state index contributed by atoms with van der Waals surface area (Å²) in [6.45, 7) is 0.177. The summed E-state index contributed by atoms with van der Waals surface area (Å²) >= 11 is 0. The lowest BCUT2D eigenvalue weighted by atomic mass is 10.2. The van der Waals surface area contributed by atoms with Crippen LogP contribution >= 0.6 is 0 Å². The van der Waals surface area contributed by atoms with E-state index in [0.717, 1.165) is 12.1 Å². The fourth-order valence-electron chi connectivity index (χ4n) is 3.09. The normalized spacial score (nSPS) is 15.7. The highest BCUT2D eigenvalue weighted by Gasteiger charge is 2.38. The van der Waals surface area contributed by atoms with Gasteiger partial charge in [0.25, 0.3) is 5.91 Å². The minimum absolute atomic E-state index is 0.0526. The summed E-state index contributed by atoms with van der Waals surface area (Å²) in [5.41, 5.74) is 1.62. The van der Waals surface area contributed by atoms with Crippen molar-refractivity contribution >= 4 is 11.6 Å². The number of pyridine rings is 1. The van der Waals surface area contributed by atoms with Gasteiger partial charge in [-0.05, 0) is 42.0 Å². The van der Waals surface area contributed by atoms with Crippen LogP contribution in [-0.4, -0.2) is 15.8 Å². The van der Waals surface area contributed by atoms with E-state index in [0.29, 0.717) is 16.8 Å². The van der Waals surface area contributed by atoms with Gasteiger partial charge in [-0.2, -0.15) is 0 Å². The van der Waals surface area contributed by atoms with Crippen molar-refractivity contribution in [1.29, 1.82) is 0 Å². The summed E-state index contributed by atoms with van der Waals surface area (Å²) in [4.78, 5) is 18.6. The Bertz CT molecular complexity index is 1010. The number of rotatable bonds is 4. The molecule has 136 valence electrons. The SMILES string of the molecule is O=C1c2cccnc2[C@@H](Nc2ccc(F)cc2F)N1Cc1ccc(F)cc1. The molecular weight excluding hydrogens is 355 g/mol. The maximum absolute atomic E-state index is 14.1. The zero-order valence-electron chi connectivity index (χ0n) is 14.0. The first-order valence-electron chi connectivity index (χ1n) is 8.25. The van der Waals surface area contributed by atoms with Crippen molar-refractivity contribution in [1.82, 2.24) is 9.88 Å². The zero-order valence-corrected chi connectivity index (χ0v) is 14.0. The molecule has 0 saturated carbocycles. The second kappa shape index (κ2) is 6.75. The molecule has 4 nitrogen and oxygen atoms in total. The van der Waals surface area contributed by atoms with E-state index in [4.69, 9.17) is 0 Å². The third-order valence-corrected chi connectivity index (χ3v) is 4.39. The summed E-state index contributed by atoms with van der Waals surface area (Å²) in [5, 5.41) is 2.93. The minimum Gasteiger partial charge on any atom is -0.358 e. The van der Waals surface area contributed by atoms with E-state index in [1.165, 1.54) is 23.1 Å². The lowest BCUT2D eigenvalue weighted by Gasteiger charge is -2.26. The molecule has 27 heavy (non-hydrogen) atoms. The van der Waals surface area contributed by atoms with E-state index in [9.17, 15) is 18.0 Å². The molecule has 0 fully saturated rings. The average molecular weight is 369 g/mol. The molecule has 7 heteroatoms. The van der Waals surface area contributed by atoms with Gasteiger partial charge in [0.1, 0.15) is 23.6 Å². The number of nitrogens with one attached hydrogen (secondary N) is 1. The van der Waals surface area contributed by atoms with E-state index in [1.807, 2.05) is 0 Å². The predicted octanol–water partition coefficient (Wildman–Crippen LogP) is 4.27. The quantitative estimate of drug-likeness (QED) is 0.747. The number of amides is 1. The molecule has 0 unspecified atom stereocenters. The number of nitrogens with zero attached hydrogens (tertiary/aromatic N) is 2. The van der Waals surface area contributed by atoms with E-state index < -0.39 is 17.8 Å². The number of carbonyl (C=O) groups is 1. The fraction of sp³-hybridized carbons (Fsp3) is 0.100. The van der Waals surface area contributed by atoms with Crippen LogP contribution in [0.1, 0.15) is 27.8 Å². The van der Waals surface area contributed by atoms with Crippen molar-refractivity contribution in [3.63, 3.8) is 0 Å². The Morgan fingerprint density at radius 1 is 1.00 bits per heavy atom. The molecule has 0 spiro atoms. The molecular formula is C20H14F3N3O. The summed E-state index contributed by atoms with van der Waals surface area (Å²) in [6.07, 6.45) is 0.808. The molecule has 0 bridgehead atoms. The van der Waals surface area contributed by atoms with Crippen molar-refractivity contribution < 1.29 is 18.0 Å². The summed E-state index contributed by atoms with van der Waals surface area (Å²) < 4.78 is 40.4. The molecule has 4 rings (SSSR count). The Labute approximate surface area is 153 Å². The van der Waals surface area contributed by atoms with Gasteiger partial charge in [-0.15, -0.1) is 0 Å². The Morgan fingerprint density at radius 2 is 1.74 bits per heavy atom. The van der Waals surface area contributed by atoms with Crippen LogP contribution in [0.5, 0.6) is 0 Å². The first-order chi connectivity index (χ1) is 13.0. The number of benzene rings is 2. The molecule has 0 aliphatic carbocycles. The maximum atomic E-state index is 14.1. The van der Waals surface area contributed by atoms with E-state index >= 15 is 0 Å². The summed E-state index contributed by atoms with van der Waals surface area (Å²) in [6, 6.07) is 12.2. The van der Waals surface area contributed by atoms with Crippen LogP contribution in [-0.2, 0) is 6.54 Å². The lowest BCUT2D eigenvalue weighted by molar-refractivity contribution is 0.0727. The van der Waals surface area contributed by atoms with Gasteiger partial charge >= 0.3 is 0 Å². The Hall–Kier alpha value is -3.35. The highest BCUT2D eigenvalue weighted by atomic mass is 19.1. The van der Waals surface area contributed by atoms with Gasteiger partial charge in [-0.3, -0.25) is 9.78 Å². The van der Waals surface area contributed by atoms with Gasteiger partial charge in [0.05, 0.1) is 16.9 Å². The monoisotopic (exact) mass is 369 g/mol. The van der Waals surface area contributed by atoms with Crippen molar-refractivity contribution in [2.45, 2.75) is 12.7 Å². The maximum Gasteiger partial charge on any atom is 0.258 e. The van der Waals surface area contributed by atoms with Crippen LogP contribution in [0, 0.1) is 17.5 Å². The van der Waals surface area contributed by atoms with Crippen LogP contribution in [0.4, 0.5) is 18.9 Å². The smallest absolute Gasteiger partial charge is 0.258 e. The summed E-state index contributed by atoms with van der Waals surface area (Å²) in [7, 11) is 0. The van der Waals surface area contributed by atoms with Gasteiger partial charge in [0, 0.05) is 18.8 Å². The van der Waals surface area contributed by atoms with Crippen LogP contribution < -0.4 is 5.32 Å². The highest BCUT2D eigenvalue weighted by Crippen LogP contribution is 2.34. The second-order valence-corrected chi connectivity index (χ2v) is 6.17. The predicted molar refractivity (Wildman–Crippen MR) is 93.2 cm³/mol. The first-order valence-corrected chi connectivity index (χ1v) is 8.25. The molecule has 0 radical (unpaired) electrons. The van der Waals surface area contributed by atoms with E-state index in [1.54, 1.807) is 30.5 Å². The zero-order chi connectivity index (χ0) is 19.0. The molecule has 1 amide bonds. The number of hydrogen-bond donors (Lipinski definition) is 1. The van der Waals surface area contributed by atoms with Gasteiger partial charge in [-0.1, -0.05) is 12.1 Å². The molecule has 1 aliphatic rings. The molecule has 2 aromatic carbocycles. The minimum atomic E-state index is -0.770. The highest BCUT2D eigenvalue weighted by molar-refractivity contribution is 5.98. The van der Waals surface area contributed by atoms with Crippen molar-refractivity contribution in [2.75, 3.05) is 5.32 Å². The average Bonchev–Trinajstić information content (AvgIpc) is 2.92. The number of aromatic nitrogens is 1. The van der Waals surface area contributed by atoms with Crippen LogP contribution in [0.2, 0.25) is 0 Å². The molecule has 3 aromatic rings. The molecule has 1 aromatic heterocycles. The van der Waals surface area contributed by atoms with Crippen molar-refractivity contribution in [3.05, 3.63) is 95.1 Å². The topological polar surface area (TPSA) is 45.2 Å². The van der Waals surface area contributed by atoms with E-state index in [2.05, 4.69) is 10.3 Å². The van der Waals surface area contributed by atoms with Gasteiger partial charge in [-0.25, -0.2) is 13.2 Å². The van der Waals surface area contributed by atoms with Crippen LogP contribution in [0.15, 0.2) is 60.8 Å². The number of carbonyl (C=O) groups excluding carboxylic acids is 1. The van der Waals surface area contributed by atoms with Gasteiger partial charge in [0.2, 0.25) is 0 Å². The van der Waals surface area contributed by atoms with Crippen molar-refractivity contribution in [3.8, 4) is 0 Å². The number of fused-ring (bicyclic) bond motifs is 1. The Morgan fingerprint density at radius 3 is 2.48 bits per heavy atom. The fourth-order valence-corrected chi connectivity index (χ4v) is 3.09. The number of halogens is 3. The number of hydrogen-bond acceptors (Lipinski definition) is 3. The summed E-state index contributed by atoms with van der Waals surface area (Å²) in [5.74, 6) is -2.11. The second-order valence-electron chi connectivity index (χ2n) is 6.17. The van der Waals surface area contributed by atoms with Crippen LogP contribution in [0.25, 0.3) is 0 Å². The van der Waals surface area contributed by atoms with Gasteiger partial charge < -0.3 is 10.2 Å². The van der Waals surface area contributed by atoms with Gasteiger partial charge in [0.15, 0.2) is 0 Å². The Kier molecular flexibility index (Phi) is 4.27. The van der Waals surface area contributed by atoms with Crippen molar-refractivity contribution in [2.24, 2.45) is 0 Å². The largest absolute Gasteiger partial charge is 0.358 e. The molecule has 2 heterocycles. The molecule has 1 aliphatic heterocycles. The van der Waals surface area contributed by atoms with E-state index in [-0.39, 0.29) is 24.0 Å². The molecule has 1 N–H and O–H groups in total. The third kappa shape index (κ3) is 3.23. The third-order valence-electron chi connectivity index (χ3n) is 4.39. The lowest BCUT2D eigenvalue weighted by Crippen LogP contribution is -2.32. The standard InChI is InChI=1S/C20H14F3N3O/c21-13-5-3-12(4-6-13)11-26-19(18-15(20(26)27)2-1-9-24-18)25-17-8-7-14(22)10-16(17)23/h1-10,19,25H,11H2/t19-/m0/s1. The first kappa shape index (κ1) is 17.1.